The third kappa shape index (κ3) is 2.62. The largest absolute Gasteiger partial charge is 0.381 e. The first-order valence-corrected chi connectivity index (χ1v) is 6.39. The molecule has 100 valence electrons. The Bertz CT molecular complexity index is 753. The summed E-state index contributed by atoms with van der Waals surface area (Å²) < 4.78 is 26.6. The second kappa shape index (κ2) is 5.29. The molecule has 0 heterocycles. The summed E-state index contributed by atoms with van der Waals surface area (Å²) in [6, 6.07) is 17.4. The minimum Gasteiger partial charge on any atom is -0.381 e. The van der Waals surface area contributed by atoms with E-state index in [-0.39, 0.29) is 6.54 Å². The molecular formula is C17H13F2N. The van der Waals surface area contributed by atoms with Gasteiger partial charge < -0.3 is 5.32 Å². The summed E-state index contributed by atoms with van der Waals surface area (Å²) in [4.78, 5) is 0. The van der Waals surface area contributed by atoms with E-state index in [4.69, 9.17) is 0 Å². The lowest BCUT2D eigenvalue weighted by Gasteiger charge is -2.08. The zero-order valence-corrected chi connectivity index (χ0v) is 10.7. The lowest BCUT2D eigenvalue weighted by atomic mass is 10.1. The van der Waals surface area contributed by atoms with Gasteiger partial charge in [-0.25, -0.2) is 8.78 Å². The van der Waals surface area contributed by atoms with Crippen molar-refractivity contribution in [3.8, 4) is 0 Å². The first kappa shape index (κ1) is 12.6. The van der Waals surface area contributed by atoms with Crippen LogP contribution in [0.2, 0.25) is 0 Å². The second-order valence-electron chi connectivity index (χ2n) is 4.65. The van der Waals surface area contributed by atoms with Crippen LogP contribution in [0.1, 0.15) is 5.56 Å². The Labute approximate surface area is 115 Å². The lowest BCUT2D eigenvalue weighted by Crippen LogP contribution is -2.02. The van der Waals surface area contributed by atoms with Crippen molar-refractivity contribution in [2.45, 2.75) is 6.54 Å². The molecule has 0 saturated carbocycles. The number of benzene rings is 3. The molecule has 3 aromatic rings. The van der Waals surface area contributed by atoms with Crippen LogP contribution in [-0.2, 0) is 6.54 Å². The molecule has 0 atom stereocenters. The van der Waals surface area contributed by atoms with Crippen molar-refractivity contribution in [1.82, 2.24) is 0 Å². The molecule has 0 aromatic heterocycles. The molecule has 1 nitrogen and oxygen atoms in total. The normalized spacial score (nSPS) is 10.7. The van der Waals surface area contributed by atoms with Crippen LogP contribution in [0.15, 0.2) is 60.7 Å². The van der Waals surface area contributed by atoms with E-state index in [1.54, 1.807) is 0 Å². The fourth-order valence-electron chi connectivity index (χ4n) is 2.18. The van der Waals surface area contributed by atoms with Crippen LogP contribution in [0, 0.1) is 11.6 Å². The fraction of sp³-hybridized carbons (Fsp3) is 0.0588. The zero-order chi connectivity index (χ0) is 13.9. The molecule has 0 amide bonds. The van der Waals surface area contributed by atoms with Gasteiger partial charge in [0.1, 0.15) is 11.6 Å². The Balaban J connectivity index is 1.81. The third-order valence-electron chi connectivity index (χ3n) is 3.24. The molecular weight excluding hydrogens is 256 g/mol. The smallest absolute Gasteiger partial charge is 0.128 e. The summed E-state index contributed by atoms with van der Waals surface area (Å²) in [5.41, 5.74) is 1.20. The van der Waals surface area contributed by atoms with Gasteiger partial charge in [-0.1, -0.05) is 30.3 Å². The van der Waals surface area contributed by atoms with E-state index >= 15 is 0 Å². The standard InChI is InChI=1S/C17H13F2N/c18-15-6-8-17(19)14(9-15)11-20-16-7-5-12-3-1-2-4-13(12)10-16/h1-10,20H,11H2. The van der Waals surface area contributed by atoms with Crippen LogP contribution in [0.5, 0.6) is 0 Å². The molecule has 0 unspecified atom stereocenters. The highest BCUT2D eigenvalue weighted by molar-refractivity contribution is 5.85. The number of nitrogens with one attached hydrogen (secondary N) is 1. The number of rotatable bonds is 3. The van der Waals surface area contributed by atoms with E-state index in [9.17, 15) is 8.78 Å². The van der Waals surface area contributed by atoms with Crippen molar-refractivity contribution in [2.75, 3.05) is 5.32 Å². The number of hydrogen-bond donors (Lipinski definition) is 1. The van der Waals surface area contributed by atoms with Gasteiger partial charge in [0.05, 0.1) is 0 Å². The van der Waals surface area contributed by atoms with E-state index in [0.29, 0.717) is 5.56 Å². The highest BCUT2D eigenvalue weighted by Gasteiger charge is 2.04. The predicted molar refractivity (Wildman–Crippen MR) is 77.6 cm³/mol. The minimum atomic E-state index is -0.429. The van der Waals surface area contributed by atoms with Gasteiger partial charge >= 0.3 is 0 Å². The highest BCUT2D eigenvalue weighted by Crippen LogP contribution is 2.20. The van der Waals surface area contributed by atoms with Gasteiger partial charge in [-0.2, -0.15) is 0 Å². The van der Waals surface area contributed by atoms with Crippen LogP contribution in [0.3, 0.4) is 0 Å². The molecule has 0 bridgehead atoms. The van der Waals surface area contributed by atoms with Crippen molar-refractivity contribution >= 4 is 16.5 Å². The number of hydrogen-bond acceptors (Lipinski definition) is 1. The average molecular weight is 269 g/mol. The predicted octanol–water partition coefficient (Wildman–Crippen LogP) is 4.73. The first-order chi connectivity index (χ1) is 9.72. The maximum Gasteiger partial charge on any atom is 0.128 e. The van der Waals surface area contributed by atoms with Crippen LogP contribution >= 0.6 is 0 Å². The van der Waals surface area contributed by atoms with Crippen molar-refractivity contribution in [3.05, 3.63) is 77.9 Å². The van der Waals surface area contributed by atoms with Gasteiger partial charge in [0.15, 0.2) is 0 Å². The number of halogens is 2. The van der Waals surface area contributed by atoms with E-state index in [2.05, 4.69) is 5.32 Å². The van der Waals surface area contributed by atoms with Gasteiger partial charge in [-0.05, 0) is 41.1 Å². The Hall–Kier alpha value is -2.42. The van der Waals surface area contributed by atoms with E-state index in [0.717, 1.165) is 28.6 Å². The number of anilines is 1. The maximum atomic E-state index is 13.5. The van der Waals surface area contributed by atoms with Gasteiger partial charge in [-0.15, -0.1) is 0 Å². The van der Waals surface area contributed by atoms with Crippen LogP contribution in [-0.4, -0.2) is 0 Å². The molecule has 3 aromatic carbocycles. The molecule has 0 aliphatic rings. The minimum absolute atomic E-state index is 0.252. The van der Waals surface area contributed by atoms with Gasteiger partial charge in [0, 0.05) is 17.8 Å². The molecule has 0 saturated heterocycles. The summed E-state index contributed by atoms with van der Waals surface area (Å²) in [7, 11) is 0. The first-order valence-electron chi connectivity index (χ1n) is 6.39. The van der Waals surface area contributed by atoms with Crippen LogP contribution in [0.25, 0.3) is 10.8 Å². The van der Waals surface area contributed by atoms with Crippen LogP contribution in [0.4, 0.5) is 14.5 Å². The molecule has 0 aliphatic carbocycles. The summed E-state index contributed by atoms with van der Waals surface area (Å²) in [6.45, 7) is 0.252. The average Bonchev–Trinajstić information content (AvgIpc) is 2.48. The Morgan fingerprint density at radius 2 is 1.60 bits per heavy atom. The zero-order valence-electron chi connectivity index (χ0n) is 10.7. The monoisotopic (exact) mass is 269 g/mol. The van der Waals surface area contributed by atoms with Gasteiger partial charge in [0.25, 0.3) is 0 Å². The molecule has 3 heteroatoms. The van der Waals surface area contributed by atoms with E-state index in [1.165, 1.54) is 6.07 Å². The highest BCUT2D eigenvalue weighted by atomic mass is 19.1. The van der Waals surface area contributed by atoms with Crippen molar-refractivity contribution in [3.63, 3.8) is 0 Å². The Morgan fingerprint density at radius 1 is 0.800 bits per heavy atom. The van der Waals surface area contributed by atoms with E-state index < -0.39 is 11.6 Å². The SMILES string of the molecule is Fc1ccc(F)c(CNc2ccc3ccccc3c2)c1. The third-order valence-corrected chi connectivity index (χ3v) is 3.24. The van der Waals surface area contributed by atoms with Gasteiger partial charge in [0.2, 0.25) is 0 Å². The molecule has 1 N–H and O–H groups in total. The molecule has 0 radical (unpaired) electrons. The quantitative estimate of drug-likeness (QED) is 0.724. The van der Waals surface area contributed by atoms with E-state index in [1.807, 2.05) is 42.5 Å². The Kier molecular flexibility index (Phi) is 3.33. The molecule has 0 aliphatic heterocycles. The van der Waals surface area contributed by atoms with Crippen molar-refractivity contribution in [1.29, 1.82) is 0 Å². The maximum absolute atomic E-state index is 13.5. The lowest BCUT2D eigenvalue weighted by molar-refractivity contribution is 0.587. The summed E-state index contributed by atoms with van der Waals surface area (Å²) in [6.07, 6.45) is 0. The molecule has 20 heavy (non-hydrogen) atoms. The molecule has 0 spiro atoms. The van der Waals surface area contributed by atoms with Crippen LogP contribution < -0.4 is 5.32 Å². The topological polar surface area (TPSA) is 12.0 Å². The summed E-state index contributed by atoms with van der Waals surface area (Å²) >= 11 is 0. The van der Waals surface area contributed by atoms with Crippen molar-refractivity contribution < 1.29 is 8.78 Å². The number of fused-ring (bicyclic) bond motifs is 1. The Morgan fingerprint density at radius 3 is 2.45 bits per heavy atom. The molecule has 3 rings (SSSR count). The van der Waals surface area contributed by atoms with Gasteiger partial charge in [-0.3, -0.25) is 0 Å². The molecule has 0 fully saturated rings. The fourth-order valence-corrected chi connectivity index (χ4v) is 2.18. The summed E-state index contributed by atoms with van der Waals surface area (Å²) in [5.74, 6) is -0.832. The summed E-state index contributed by atoms with van der Waals surface area (Å²) in [5, 5.41) is 5.37. The second-order valence-corrected chi connectivity index (χ2v) is 4.65. The van der Waals surface area contributed by atoms with Crippen molar-refractivity contribution in [2.24, 2.45) is 0 Å².